The van der Waals surface area contributed by atoms with Gasteiger partial charge in [0.05, 0.1) is 16.1 Å². The number of aliphatic carboxylic acids is 2. The van der Waals surface area contributed by atoms with Crippen LogP contribution in [0.5, 0.6) is 0 Å². The van der Waals surface area contributed by atoms with Crippen molar-refractivity contribution in [1.29, 1.82) is 0 Å². The van der Waals surface area contributed by atoms with Crippen molar-refractivity contribution in [3.8, 4) is 0 Å². The predicted octanol–water partition coefficient (Wildman–Crippen LogP) is 2.66. The van der Waals surface area contributed by atoms with E-state index in [0.717, 1.165) is 5.56 Å². The zero-order chi connectivity index (χ0) is 14.1. The Hall–Kier alpha value is -1.40. The van der Waals surface area contributed by atoms with Crippen LogP contribution in [-0.4, -0.2) is 38.2 Å². The summed E-state index contributed by atoms with van der Waals surface area (Å²) in [6.45, 7) is 0. The number of rotatable bonds is 8. The van der Waals surface area contributed by atoms with Crippen molar-refractivity contribution in [2.45, 2.75) is 4.58 Å². The molecule has 0 bridgehead atoms. The van der Waals surface area contributed by atoms with Crippen molar-refractivity contribution < 1.29 is 19.8 Å². The fraction of sp³-hybridized carbons (Fsp3) is 0.231. The number of carbonyl (C=O) groups is 2. The third kappa shape index (κ3) is 7.58. The molecule has 2 N–H and O–H groups in total. The van der Waals surface area contributed by atoms with Crippen LogP contribution in [0.1, 0.15) is 5.56 Å². The summed E-state index contributed by atoms with van der Waals surface area (Å²) in [6, 6.07) is 9.58. The molecule has 0 amide bonds. The lowest BCUT2D eigenvalue weighted by Gasteiger charge is -2.09. The van der Waals surface area contributed by atoms with Crippen LogP contribution in [0.25, 0.3) is 6.08 Å². The third-order valence-corrected chi connectivity index (χ3v) is 4.60. The minimum absolute atomic E-state index is 0.0452. The van der Waals surface area contributed by atoms with E-state index >= 15 is 0 Å². The second-order valence-electron chi connectivity index (χ2n) is 3.55. The average Bonchev–Trinajstić information content (AvgIpc) is 2.38. The van der Waals surface area contributed by atoms with Crippen LogP contribution in [0.3, 0.4) is 0 Å². The Morgan fingerprint density at radius 3 is 2.05 bits per heavy atom. The topological polar surface area (TPSA) is 74.6 Å². The standard InChI is InChI=1S/C13H14O4S2/c14-11(15)8-18-13(19-9-12(16)17)7-6-10-4-2-1-3-5-10/h1-7,13H,8-9H2,(H,14,15)(H,16,17). The Morgan fingerprint density at radius 2 is 1.58 bits per heavy atom. The largest absolute Gasteiger partial charge is 0.481 e. The molecule has 0 aromatic heterocycles. The van der Waals surface area contributed by atoms with Gasteiger partial charge in [0.2, 0.25) is 0 Å². The van der Waals surface area contributed by atoms with E-state index < -0.39 is 11.9 Å². The predicted molar refractivity (Wildman–Crippen MR) is 79.5 cm³/mol. The summed E-state index contributed by atoms with van der Waals surface area (Å²) in [4.78, 5) is 21.1. The zero-order valence-electron chi connectivity index (χ0n) is 10.1. The number of hydrogen-bond donors (Lipinski definition) is 2. The summed E-state index contributed by atoms with van der Waals surface area (Å²) in [5.74, 6) is -1.90. The molecule has 0 aliphatic heterocycles. The maximum absolute atomic E-state index is 10.5. The smallest absolute Gasteiger partial charge is 0.313 e. The number of thioether (sulfide) groups is 2. The van der Waals surface area contributed by atoms with Crippen molar-refractivity contribution in [2.75, 3.05) is 11.5 Å². The molecule has 6 heteroatoms. The van der Waals surface area contributed by atoms with E-state index in [4.69, 9.17) is 10.2 Å². The lowest BCUT2D eigenvalue weighted by molar-refractivity contribution is -0.134. The molecule has 0 atom stereocenters. The minimum atomic E-state index is -0.904. The highest BCUT2D eigenvalue weighted by Gasteiger charge is 2.10. The van der Waals surface area contributed by atoms with Crippen molar-refractivity contribution >= 4 is 41.5 Å². The molecule has 1 aromatic carbocycles. The minimum Gasteiger partial charge on any atom is -0.481 e. The Kier molecular flexibility index (Phi) is 7.14. The second kappa shape index (κ2) is 8.66. The van der Waals surface area contributed by atoms with E-state index in [1.807, 2.05) is 42.5 Å². The molecule has 0 saturated carbocycles. The van der Waals surface area contributed by atoms with Crippen LogP contribution in [0.4, 0.5) is 0 Å². The van der Waals surface area contributed by atoms with Gasteiger partial charge >= 0.3 is 11.9 Å². The van der Waals surface area contributed by atoms with E-state index in [1.165, 1.54) is 23.5 Å². The average molecular weight is 298 g/mol. The summed E-state index contributed by atoms with van der Waals surface area (Å²) < 4.78 is -0.188. The number of benzene rings is 1. The van der Waals surface area contributed by atoms with Crippen molar-refractivity contribution in [3.05, 3.63) is 42.0 Å². The van der Waals surface area contributed by atoms with Gasteiger partial charge in [-0.05, 0) is 5.56 Å². The Labute approximate surface area is 119 Å². The lowest BCUT2D eigenvalue weighted by atomic mass is 10.2. The molecule has 0 saturated heterocycles. The number of carboxylic acids is 2. The number of carboxylic acid groups (broad SMARTS) is 2. The first-order valence-corrected chi connectivity index (χ1v) is 7.57. The summed E-state index contributed by atoms with van der Waals surface area (Å²) in [6.07, 6.45) is 3.70. The SMILES string of the molecule is O=C(O)CSC(C=Cc1ccccc1)SCC(=O)O. The molecule has 0 fully saturated rings. The fourth-order valence-electron chi connectivity index (χ4n) is 1.22. The molecular weight excluding hydrogens is 284 g/mol. The van der Waals surface area contributed by atoms with Gasteiger partial charge in [-0.3, -0.25) is 9.59 Å². The summed E-state index contributed by atoms with van der Waals surface area (Å²) in [5.41, 5.74) is 0.999. The van der Waals surface area contributed by atoms with Crippen LogP contribution in [0.2, 0.25) is 0 Å². The van der Waals surface area contributed by atoms with Gasteiger partial charge in [0, 0.05) is 0 Å². The molecule has 0 spiro atoms. The fourth-order valence-corrected chi connectivity index (χ4v) is 3.01. The molecule has 19 heavy (non-hydrogen) atoms. The third-order valence-electron chi connectivity index (χ3n) is 1.99. The highest BCUT2D eigenvalue weighted by molar-refractivity contribution is 8.17. The first-order valence-electron chi connectivity index (χ1n) is 5.48. The van der Waals surface area contributed by atoms with Gasteiger partial charge in [0.25, 0.3) is 0 Å². The van der Waals surface area contributed by atoms with E-state index in [1.54, 1.807) is 0 Å². The molecule has 0 aliphatic rings. The van der Waals surface area contributed by atoms with Gasteiger partial charge in [-0.25, -0.2) is 0 Å². The van der Waals surface area contributed by atoms with Crippen molar-refractivity contribution in [2.24, 2.45) is 0 Å². The van der Waals surface area contributed by atoms with Gasteiger partial charge in [-0.1, -0.05) is 42.5 Å². The van der Waals surface area contributed by atoms with Gasteiger partial charge in [0.15, 0.2) is 0 Å². The Bertz CT molecular complexity index is 427. The second-order valence-corrected chi connectivity index (χ2v) is 6.11. The Balaban J connectivity index is 2.59. The Morgan fingerprint density at radius 1 is 1.05 bits per heavy atom. The lowest BCUT2D eigenvalue weighted by Crippen LogP contribution is -2.06. The van der Waals surface area contributed by atoms with Crippen LogP contribution in [-0.2, 0) is 9.59 Å². The van der Waals surface area contributed by atoms with E-state index in [-0.39, 0.29) is 16.1 Å². The van der Waals surface area contributed by atoms with Crippen LogP contribution in [0, 0.1) is 0 Å². The van der Waals surface area contributed by atoms with E-state index in [9.17, 15) is 9.59 Å². The van der Waals surface area contributed by atoms with Crippen molar-refractivity contribution in [1.82, 2.24) is 0 Å². The first kappa shape index (κ1) is 15.7. The first-order chi connectivity index (χ1) is 9.08. The highest BCUT2D eigenvalue weighted by Crippen LogP contribution is 2.25. The summed E-state index contributed by atoms with van der Waals surface area (Å²) >= 11 is 2.41. The molecular formula is C13H14O4S2. The molecule has 4 nitrogen and oxygen atoms in total. The quantitative estimate of drug-likeness (QED) is 0.719. The maximum atomic E-state index is 10.5. The molecule has 102 valence electrons. The van der Waals surface area contributed by atoms with Gasteiger partial charge < -0.3 is 10.2 Å². The molecule has 1 aromatic rings. The van der Waals surface area contributed by atoms with E-state index in [0.29, 0.717) is 0 Å². The summed E-state index contributed by atoms with van der Waals surface area (Å²) in [7, 11) is 0. The normalized spacial score (nSPS) is 11.0. The molecule has 1 rings (SSSR count). The van der Waals surface area contributed by atoms with Gasteiger partial charge in [-0.2, -0.15) is 0 Å². The summed E-state index contributed by atoms with van der Waals surface area (Å²) in [5, 5.41) is 17.3. The monoisotopic (exact) mass is 298 g/mol. The molecule has 0 radical (unpaired) electrons. The maximum Gasteiger partial charge on any atom is 0.313 e. The number of hydrogen-bond acceptors (Lipinski definition) is 4. The van der Waals surface area contributed by atoms with Gasteiger partial charge in [-0.15, -0.1) is 23.5 Å². The highest BCUT2D eigenvalue weighted by atomic mass is 32.2. The van der Waals surface area contributed by atoms with E-state index in [2.05, 4.69) is 0 Å². The molecule has 0 heterocycles. The van der Waals surface area contributed by atoms with Crippen LogP contribution < -0.4 is 0 Å². The van der Waals surface area contributed by atoms with Crippen LogP contribution in [0.15, 0.2) is 36.4 Å². The molecule has 0 unspecified atom stereocenters. The molecule has 0 aliphatic carbocycles. The van der Waals surface area contributed by atoms with Crippen molar-refractivity contribution in [3.63, 3.8) is 0 Å². The van der Waals surface area contributed by atoms with Gasteiger partial charge in [0.1, 0.15) is 0 Å². The zero-order valence-corrected chi connectivity index (χ0v) is 11.7. The van der Waals surface area contributed by atoms with Crippen LogP contribution >= 0.6 is 23.5 Å².